The van der Waals surface area contributed by atoms with Gasteiger partial charge in [-0.2, -0.15) is 5.10 Å². The molecule has 17 heavy (non-hydrogen) atoms. The van der Waals surface area contributed by atoms with Gasteiger partial charge in [-0.25, -0.2) is 0 Å². The van der Waals surface area contributed by atoms with Crippen molar-refractivity contribution in [1.29, 1.82) is 0 Å². The second-order valence-corrected chi connectivity index (χ2v) is 4.83. The number of rotatable bonds is 8. The van der Waals surface area contributed by atoms with Crippen LogP contribution in [0.15, 0.2) is 4.47 Å². The molecule has 0 aromatic carbocycles. The quantitative estimate of drug-likeness (QED) is 0.588. The highest BCUT2D eigenvalue weighted by molar-refractivity contribution is 9.10. The van der Waals surface area contributed by atoms with Crippen LogP contribution in [0.4, 0.5) is 0 Å². The highest BCUT2D eigenvalue weighted by atomic mass is 79.9. The van der Waals surface area contributed by atoms with Crippen LogP contribution >= 0.6 is 27.5 Å². The lowest BCUT2D eigenvalue weighted by atomic mass is 10.3. The summed E-state index contributed by atoms with van der Waals surface area (Å²) in [5.74, 6) is 0.549. The van der Waals surface area contributed by atoms with Crippen molar-refractivity contribution in [2.45, 2.75) is 19.9 Å². The zero-order valence-corrected chi connectivity index (χ0v) is 12.6. The fraction of sp³-hybridized carbons (Fsp3) is 0.727. The Kier molecular flexibility index (Phi) is 7.11. The fourth-order valence-electron chi connectivity index (χ4n) is 1.52. The predicted molar refractivity (Wildman–Crippen MR) is 73.5 cm³/mol. The van der Waals surface area contributed by atoms with E-state index in [9.17, 15) is 0 Å². The Labute approximate surface area is 116 Å². The number of hydrogen-bond donors (Lipinski definition) is 1. The molecule has 1 heterocycles. The topological polar surface area (TPSA) is 39.1 Å². The van der Waals surface area contributed by atoms with E-state index >= 15 is 0 Å². The maximum atomic E-state index is 5.51. The largest absolute Gasteiger partial charge is 0.379 e. The summed E-state index contributed by atoms with van der Waals surface area (Å²) < 4.78 is 8.30. The van der Waals surface area contributed by atoms with Gasteiger partial charge in [0.05, 0.1) is 29.1 Å². The molecule has 1 rings (SSSR count). The van der Waals surface area contributed by atoms with Crippen molar-refractivity contribution < 1.29 is 4.74 Å². The lowest BCUT2D eigenvalue weighted by molar-refractivity contribution is 0.150. The van der Waals surface area contributed by atoms with Crippen LogP contribution in [0, 0.1) is 0 Å². The van der Waals surface area contributed by atoms with Crippen LogP contribution in [0.25, 0.3) is 0 Å². The van der Waals surface area contributed by atoms with E-state index < -0.39 is 0 Å². The van der Waals surface area contributed by atoms with Gasteiger partial charge in [0.15, 0.2) is 0 Å². The second kappa shape index (κ2) is 8.08. The van der Waals surface area contributed by atoms with Crippen molar-refractivity contribution in [3.63, 3.8) is 0 Å². The Balaban J connectivity index is 2.34. The first kappa shape index (κ1) is 15.0. The van der Waals surface area contributed by atoms with Crippen LogP contribution in [0.1, 0.15) is 18.3 Å². The van der Waals surface area contributed by atoms with Crippen LogP contribution in [0.3, 0.4) is 0 Å². The van der Waals surface area contributed by atoms with Gasteiger partial charge in [0.25, 0.3) is 0 Å². The minimum absolute atomic E-state index is 0.549. The molecule has 0 saturated carbocycles. The van der Waals surface area contributed by atoms with E-state index in [1.165, 1.54) is 5.69 Å². The molecule has 0 atom stereocenters. The van der Waals surface area contributed by atoms with Gasteiger partial charge in [0.2, 0.25) is 0 Å². The van der Waals surface area contributed by atoms with E-state index in [0.29, 0.717) is 19.1 Å². The Morgan fingerprint density at radius 1 is 1.47 bits per heavy atom. The zero-order chi connectivity index (χ0) is 12.7. The number of aromatic nitrogens is 2. The smallest absolute Gasteiger partial charge is 0.0767 e. The summed E-state index contributed by atoms with van der Waals surface area (Å²) in [4.78, 5) is 0. The highest BCUT2D eigenvalue weighted by Crippen LogP contribution is 2.21. The fourth-order valence-corrected chi connectivity index (χ4v) is 2.39. The molecular formula is C11H19BrClN3O. The van der Waals surface area contributed by atoms with Gasteiger partial charge < -0.3 is 10.1 Å². The van der Waals surface area contributed by atoms with Gasteiger partial charge in [0.1, 0.15) is 0 Å². The molecule has 0 unspecified atom stereocenters. The van der Waals surface area contributed by atoms with Gasteiger partial charge in [-0.05, 0) is 22.4 Å². The van der Waals surface area contributed by atoms with Crippen molar-refractivity contribution in [3.8, 4) is 0 Å². The number of nitrogens with zero attached hydrogens (tertiary/aromatic N) is 2. The van der Waals surface area contributed by atoms with E-state index in [1.807, 2.05) is 11.7 Å². The molecule has 0 saturated heterocycles. The number of alkyl halides is 1. The third-order valence-corrected chi connectivity index (χ3v) is 3.51. The molecule has 6 heteroatoms. The van der Waals surface area contributed by atoms with Crippen LogP contribution in [0.5, 0.6) is 0 Å². The Morgan fingerprint density at radius 3 is 2.82 bits per heavy atom. The minimum atomic E-state index is 0.549. The van der Waals surface area contributed by atoms with E-state index in [0.717, 1.165) is 29.7 Å². The van der Waals surface area contributed by atoms with Crippen LogP contribution in [0.2, 0.25) is 0 Å². The molecule has 0 spiro atoms. The molecule has 0 radical (unpaired) electrons. The van der Waals surface area contributed by atoms with Crippen molar-refractivity contribution >= 4 is 27.5 Å². The highest BCUT2D eigenvalue weighted by Gasteiger charge is 2.11. The van der Waals surface area contributed by atoms with Crippen LogP contribution in [-0.2, 0) is 24.8 Å². The number of halogens is 2. The SMILES string of the molecule is CCc1nn(C)c(CNCCOCCCl)c1Br. The number of hydrogen-bond acceptors (Lipinski definition) is 3. The summed E-state index contributed by atoms with van der Waals surface area (Å²) in [6.45, 7) is 5.00. The second-order valence-electron chi connectivity index (χ2n) is 3.66. The number of ether oxygens (including phenoxy) is 1. The Morgan fingerprint density at radius 2 is 2.24 bits per heavy atom. The van der Waals surface area contributed by atoms with Crippen LogP contribution < -0.4 is 5.32 Å². The number of nitrogens with one attached hydrogen (secondary N) is 1. The zero-order valence-electron chi connectivity index (χ0n) is 10.3. The molecule has 0 aliphatic rings. The molecule has 1 N–H and O–H groups in total. The molecule has 0 aliphatic carbocycles. The van der Waals surface area contributed by atoms with Gasteiger partial charge in [-0.3, -0.25) is 4.68 Å². The van der Waals surface area contributed by atoms with E-state index in [-0.39, 0.29) is 0 Å². The predicted octanol–water partition coefficient (Wildman–Crippen LogP) is 2.09. The molecule has 0 aliphatic heterocycles. The molecule has 98 valence electrons. The summed E-state index contributed by atoms with van der Waals surface area (Å²) in [5, 5.41) is 7.76. The summed E-state index contributed by atoms with van der Waals surface area (Å²) in [6.07, 6.45) is 0.938. The standard InChI is InChI=1S/C11H19BrClN3O/c1-3-9-11(12)10(16(2)15-9)8-14-5-7-17-6-4-13/h14H,3-8H2,1-2H3. The summed E-state index contributed by atoms with van der Waals surface area (Å²) in [5.41, 5.74) is 2.27. The molecule has 4 nitrogen and oxygen atoms in total. The first-order valence-corrected chi connectivity index (χ1v) is 7.08. The van der Waals surface area contributed by atoms with Crippen molar-refractivity contribution in [2.24, 2.45) is 7.05 Å². The van der Waals surface area contributed by atoms with Crippen molar-refractivity contribution in [2.75, 3.05) is 25.6 Å². The van der Waals surface area contributed by atoms with Gasteiger partial charge in [0, 0.05) is 26.0 Å². The molecule has 0 bridgehead atoms. The third kappa shape index (κ3) is 4.58. The van der Waals surface area contributed by atoms with Gasteiger partial charge in [-0.1, -0.05) is 6.92 Å². The summed E-state index contributed by atoms with van der Waals surface area (Å²) in [6, 6.07) is 0. The third-order valence-electron chi connectivity index (χ3n) is 2.44. The maximum Gasteiger partial charge on any atom is 0.0767 e. The average molecular weight is 325 g/mol. The normalized spacial score (nSPS) is 11.1. The van der Waals surface area contributed by atoms with Crippen molar-refractivity contribution in [1.82, 2.24) is 15.1 Å². The van der Waals surface area contributed by atoms with E-state index in [1.54, 1.807) is 0 Å². The number of aryl methyl sites for hydroxylation is 2. The molecule has 0 amide bonds. The minimum Gasteiger partial charge on any atom is -0.379 e. The van der Waals surface area contributed by atoms with E-state index in [4.69, 9.17) is 16.3 Å². The monoisotopic (exact) mass is 323 g/mol. The lowest BCUT2D eigenvalue weighted by Crippen LogP contribution is -2.21. The maximum absolute atomic E-state index is 5.51. The Hall–Kier alpha value is -0.100. The first-order chi connectivity index (χ1) is 8.20. The molecular weight excluding hydrogens is 305 g/mol. The van der Waals surface area contributed by atoms with Gasteiger partial charge in [-0.15, -0.1) is 11.6 Å². The summed E-state index contributed by atoms with van der Waals surface area (Å²) >= 11 is 9.09. The average Bonchev–Trinajstić information content (AvgIpc) is 2.60. The molecule has 1 aromatic rings. The van der Waals surface area contributed by atoms with Gasteiger partial charge >= 0.3 is 0 Å². The van der Waals surface area contributed by atoms with Crippen molar-refractivity contribution in [3.05, 3.63) is 15.9 Å². The Bertz CT molecular complexity index is 344. The van der Waals surface area contributed by atoms with Crippen LogP contribution in [-0.4, -0.2) is 35.4 Å². The lowest BCUT2D eigenvalue weighted by Gasteiger charge is -2.06. The summed E-state index contributed by atoms with van der Waals surface area (Å²) in [7, 11) is 1.96. The van der Waals surface area contributed by atoms with E-state index in [2.05, 4.69) is 33.3 Å². The molecule has 0 fully saturated rings. The first-order valence-electron chi connectivity index (χ1n) is 5.75. The molecule has 1 aromatic heterocycles.